The Morgan fingerprint density at radius 3 is 2.70 bits per heavy atom. The summed E-state index contributed by atoms with van der Waals surface area (Å²) in [6.45, 7) is 1.98. The number of para-hydroxylation sites is 1. The average Bonchev–Trinajstić information content (AvgIpc) is 3.55. The predicted molar refractivity (Wildman–Crippen MR) is 114 cm³/mol. The third-order valence-corrected chi connectivity index (χ3v) is 5.57. The van der Waals surface area contributed by atoms with Gasteiger partial charge >= 0.3 is 0 Å². The lowest BCUT2D eigenvalue weighted by Crippen LogP contribution is -2.19. The van der Waals surface area contributed by atoms with Crippen LogP contribution in [0.15, 0.2) is 59.5 Å². The molecule has 6 nitrogen and oxygen atoms in total. The van der Waals surface area contributed by atoms with E-state index in [0.717, 1.165) is 40.8 Å². The van der Waals surface area contributed by atoms with Gasteiger partial charge in [0, 0.05) is 30.1 Å². The largest absolute Gasteiger partial charge is 0.456 e. The van der Waals surface area contributed by atoms with Crippen LogP contribution in [0.25, 0.3) is 10.9 Å². The van der Waals surface area contributed by atoms with E-state index < -0.39 is 0 Å². The van der Waals surface area contributed by atoms with E-state index in [1.807, 2.05) is 31.2 Å². The summed E-state index contributed by atoms with van der Waals surface area (Å²) in [5.74, 6) is 1.36. The maximum Gasteiger partial charge on any atom is 0.277 e. The van der Waals surface area contributed by atoms with Gasteiger partial charge in [-0.3, -0.25) is 24.4 Å². The summed E-state index contributed by atoms with van der Waals surface area (Å²) in [5.41, 5.74) is 2.88. The van der Waals surface area contributed by atoms with E-state index in [1.165, 1.54) is 4.68 Å². The van der Waals surface area contributed by atoms with Crippen LogP contribution in [0.5, 0.6) is 11.5 Å². The second-order valence-electron chi connectivity index (χ2n) is 7.78. The number of H-pyrrole nitrogens is 1. The monoisotopic (exact) mass is 399 g/mol. The molecule has 0 aliphatic heterocycles. The number of aromatic amines is 1. The summed E-state index contributed by atoms with van der Waals surface area (Å²) >= 11 is 0. The Kier molecular flexibility index (Phi) is 4.28. The normalized spacial score (nSPS) is 13.5. The first-order chi connectivity index (χ1) is 14.5. The highest BCUT2D eigenvalue weighted by molar-refractivity contribution is 6.11. The molecule has 1 fully saturated rings. The van der Waals surface area contributed by atoms with Crippen molar-refractivity contribution in [3.05, 3.63) is 87.5 Å². The maximum absolute atomic E-state index is 13.3. The summed E-state index contributed by atoms with van der Waals surface area (Å²) in [6.07, 6.45) is 3.68. The molecule has 2 heterocycles. The van der Waals surface area contributed by atoms with Crippen LogP contribution in [0.2, 0.25) is 0 Å². The molecule has 0 radical (unpaired) electrons. The van der Waals surface area contributed by atoms with Gasteiger partial charge in [0.2, 0.25) is 5.78 Å². The number of ketones is 1. The summed E-state index contributed by atoms with van der Waals surface area (Å²) in [6, 6.07) is 14.8. The Balaban J connectivity index is 1.59. The van der Waals surface area contributed by atoms with Gasteiger partial charge in [-0.1, -0.05) is 18.2 Å². The summed E-state index contributed by atoms with van der Waals surface area (Å²) < 4.78 is 7.52. The quantitative estimate of drug-likeness (QED) is 0.502. The van der Waals surface area contributed by atoms with Crippen molar-refractivity contribution in [2.75, 3.05) is 0 Å². The highest BCUT2D eigenvalue weighted by Gasteiger charge is 2.33. The number of aromatic nitrogens is 3. The smallest absolute Gasteiger partial charge is 0.277 e. The fourth-order valence-electron chi connectivity index (χ4n) is 3.74. The van der Waals surface area contributed by atoms with Crippen molar-refractivity contribution >= 4 is 16.7 Å². The van der Waals surface area contributed by atoms with Crippen molar-refractivity contribution in [1.29, 1.82) is 0 Å². The van der Waals surface area contributed by atoms with Gasteiger partial charge in [0.15, 0.2) is 0 Å². The minimum atomic E-state index is -0.287. The first kappa shape index (κ1) is 18.4. The van der Waals surface area contributed by atoms with Gasteiger partial charge < -0.3 is 4.74 Å². The number of carbonyl (C=O) groups is 1. The number of benzene rings is 2. The molecule has 2 aromatic heterocycles. The average molecular weight is 399 g/mol. The number of nitrogens with zero attached hydrogens (tertiary/aromatic N) is 2. The number of hydrogen-bond acceptors (Lipinski definition) is 4. The Bertz CT molecular complexity index is 1350. The van der Waals surface area contributed by atoms with Crippen LogP contribution < -0.4 is 10.3 Å². The van der Waals surface area contributed by atoms with E-state index in [4.69, 9.17) is 4.74 Å². The lowest BCUT2D eigenvalue weighted by Gasteiger charge is -2.11. The number of pyridine rings is 1. The molecule has 6 heteroatoms. The summed E-state index contributed by atoms with van der Waals surface area (Å²) in [7, 11) is 1.64. The van der Waals surface area contributed by atoms with Gasteiger partial charge in [-0.2, -0.15) is 0 Å². The molecule has 1 aliphatic carbocycles. The molecular weight excluding hydrogens is 378 g/mol. The van der Waals surface area contributed by atoms with Gasteiger partial charge in [-0.15, -0.1) is 0 Å². The number of nitrogens with one attached hydrogen (secondary N) is 1. The molecule has 0 bridgehead atoms. The van der Waals surface area contributed by atoms with Gasteiger partial charge in [0.25, 0.3) is 5.56 Å². The number of fused-ring (bicyclic) bond motifs is 1. The van der Waals surface area contributed by atoms with E-state index >= 15 is 0 Å². The molecule has 1 N–H and O–H groups in total. The maximum atomic E-state index is 13.3. The molecule has 0 saturated heterocycles. The SMILES string of the molecule is Cc1ccccc1Oc1ccnc2ccc(C(=O)c3c(C4CC4)[nH]n(C)c3=O)cc12. The Morgan fingerprint density at radius 1 is 1.13 bits per heavy atom. The van der Waals surface area contributed by atoms with Gasteiger partial charge in [0.05, 0.1) is 11.2 Å². The van der Waals surface area contributed by atoms with Crippen molar-refractivity contribution in [3.63, 3.8) is 0 Å². The molecular formula is C24H21N3O3. The van der Waals surface area contributed by atoms with E-state index in [0.29, 0.717) is 11.3 Å². The van der Waals surface area contributed by atoms with Crippen LogP contribution in [-0.2, 0) is 7.05 Å². The lowest BCUT2D eigenvalue weighted by atomic mass is 10.00. The number of ether oxygens (including phenoxy) is 1. The molecule has 30 heavy (non-hydrogen) atoms. The topological polar surface area (TPSA) is 77.0 Å². The minimum absolute atomic E-state index is 0.240. The molecule has 0 atom stereocenters. The van der Waals surface area contributed by atoms with Crippen LogP contribution >= 0.6 is 0 Å². The van der Waals surface area contributed by atoms with Crippen LogP contribution in [0.3, 0.4) is 0 Å². The highest BCUT2D eigenvalue weighted by atomic mass is 16.5. The minimum Gasteiger partial charge on any atom is -0.456 e. The fourth-order valence-corrected chi connectivity index (χ4v) is 3.74. The molecule has 2 aromatic carbocycles. The van der Waals surface area contributed by atoms with Gasteiger partial charge in [-0.25, -0.2) is 0 Å². The first-order valence-electron chi connectivity index (χ1n) is 9.99. The van der Waals surface area contributed by atoms with E-state index in [1.54, 1.807) is 37.5 Å². The first-order valence-corrected chi connectivity index (χ1v) is 9.99. The zero-order valence-corrected chi connectivity index (χ0v) is 16.8. The molecule has 1 saturated carbocycles. The van der Waals surface area contributed by atoms with Crippen molar-refractivity contribution < 1.29 is 9.53 Å². The van der Waals surface area contributed by atoms with Gasteiger partial charge in [0.1, 0.15) is 17.1 Å². The predicted octanol–water partition coefficient (Wildman–Crippen LogP) is 4.47. The highest BCUT2D eigenvalue weighted by Crippen LogP contribution is 2.40. The molecule has 5 rings (SSSR count). The number of rotatable bonds is 5. The van der Waals surface area contributed by atoms with Gasteiger partial charge in [-0.05, 0) is 55.7 Å². The summed E-state index contributed by atoms with van der Waals surface area (Å²) in [5, 5.41) is 3.79. The third kappa shape index (κ3) is 3.10. The Labute approximate surface area is 173 Å². The molecule has 0 spiro atoms. The second-order valence-corrected chi connectivity index (χ2v) is 7.78. The summed E-state index contributed by atoms with van der Waals surface area (Å²) in [4.78, 5) is 30.3. The van der Waals surface area contributed by atoms with Crippen LogP contribution in [0.1, 0.15) is 45.9 Å². The van der Waals surface area contributed by atoms with Crippen LogP contribution in [-0.4, -0.2) is 20.5 Å². The Morgan fingerprint density at radius 2 is 1.93 bits per heavy atom. The van der Waals surface area contributed by atoms with E-state index in [-0.39, 0.29) is 22.8 Å². The standard InChI is InChI=1S/C24H21N3O3/c1-14-5-3-4-6-19(14)30-20-11-12-25-18-10-9-16(13-17(18)20)23(28)21-22(15-7-8-15)26-27(2)24(21)29/h3-6,9-13,15,26H,7-8H2,1-2H3. The van der Waals surface area contributed by atoms with Crippen molar-refractivity contribution in [3.8, 4) is 11.5 Å². The zero-order chi connectivity index (χ0) is 20.8. The van der Waals surface area contributed by atoms with E-state index in [9.17, 15) is 9.59 Å². The zero-order valence-electron chi connectivity index (χ0n) is 16.8. The molecule has 0 unspecified atom stereocenters. The third-order valence-electron chi connectivity index (χ3n) is 5.57. The fraction of sp³-hybridized carbons (Fsp3) is 0.208. The van der Waals surface area contributed by atoms with Crippen molar-refractivity contribution in [2.45, 2.75) is 25.7 Å². The molecule has 1 aliphatic rings. The lowest BCUT2D eigenvalue weighted by molar-refractivity contribution is 0.103. The Hall–Kier alpha value is -3.67. The molecule has 0 amide bonds. The molecule has 150 valence electrons. The molecule has 4 aromatic rings. The number of hydrogen-bond donors (Lipinski definition) is 1. The van der Waals surface area contributed by atoms with Crippen molar-refractivity contribution in [1.82, 2.24) is 14.8 Å². The second kappa shape index (κ2) is 6.99. The van der Waals surface area contributed by atoms with Crippen molar-refractivity contribution in [2.24, 2.45) is 7.05 Å². The van der Waals surface area contributed by atoms with Crippen LogP contribution in [0, 0.1) is 6.92 Å². The number of carbonyl (C=O) groups excluding carboxylic acids is 1. The number of aryl methyl sites for hydroxylation is 2. The van der Waals surface area contributed by atoms with Crippen LogP contribution in [0.4, 0.5) is 0 Å². The van der Waals surface area contributed by atoms with E-state index in [2.05, 4.69) is 10.1 Å².